The predicted molar refractivity (Wildman–Crippen MR) is 94.7 cm³/mol. The number of fused-ring (bicyclic) bond motifs is 1. The number of rotatable bonds is 2. The third kappa shape index (κ3) is 3.63. The van der Waals surface area contributed by atoms with Gasteiger partial charge in [-0.25, -0.2) is 4.39 Å². The summed E-state index contributed by atoms with van der Waals surface area (Å²) in [4.78, 5) is 14.6. The van der Waals surface area contributed by atoms with E-state index < -0.39 is 17.3 Å². The van der Waals surface area contributed by atoms with E-state index in [1.807, 2.05) is 0 Å². The van der Waals surface area contributed by atoms with Crippen LogP contribution >= 0.6 is 0 Å². The highest BCUT2D eigenvalue weighted by molar-refractivity contribution is 6.00. The third-order valence-corrected chi connectivity index (χ3v) is 5.54. The Hall–Kier alpha value is -2.41. The molecule has 2 aliphatic rings. The van der Waals surface area contributed by atoms with Gasteiger partial charge in [0.25, 0.3) is 0 Å². The van der Waals surface area contributed by atoms with Crippen LogP contribution in [0.5, 0.6) is 5.75 Å². The lowest BCUT2D eigenvalue weighted by Gasteiger charge is -2.44. The molecular weight excluding hydrogens is 374 g/mol. The van der Waals surface area contributed by atoms with E-state index in [4.69, 9.17) is 4.74 Å². The van der Waals surface area contributed by atoms with Crippen LogP contribution in [0.25, 0.3) is 0 Å². The Kier molecular flexibility index (Phi) is 4.65. The Morgan fingerprint density at radius 1 is 1.07 bits per heavy atom. The van der Waals surface area contributed by atoms with Gasteiger partial charge < -0.3 is 4.74 Å². The second kappa shape index (κ2) is 6.88. The minimum absolute atomic E-state index is 0.00799. The van der Waals surface area contributed by atoms with Crippen LogP contribution in [0.1, 0.15) is 40.7 Å². The van der Waals surface area contributed by atoms with E-state index in [1.54, 1.807) is 18.2 Å². The van der Waals surface area contributed by atoms with E-state index in [0.29, 0.717) is 38.0 Å². The summed E-state index contributed by atoms with van der Waals surface area (Å²) in [6.45, 7) is 1.61. The van der Waals surface area contributed by atoms with E-state index in [0.717, 1.165) is 12.1 Å². The first kappa shape index (κ1) is 18.9. The molecule has 1 spiro atoms. The zero-order valence-electron chi connectivity index (χ0n) is 15.1. The van der Waals surface area contributed by atoms with Crippen LogP contribution in [0.2, 0.25) is 0 Å². The Balaban J connectivity index is 1.49. The number of hydrogen-bond donors (Lipinski definition) is 0. The standard InChI is InChI=1S/C21H19F4NO2/c22-17-4-2-1-3-14(17)13-26-9-7-20(8-10-26)12-18(27)16-6-5-15(21(23,24)25)11-19(16)28-20/h1-6,11H,7-10,12-13H2. The highest BCUT2D eigenvalue weighted by Gasteiger charge is 2.44. The van der Waals surface area contributed by atoms with Gasteiger partial charge in [-0.15, -0.1) is 0 Å². The fourth-order valence-electron chi connectivity index (χ4n) is 3.94. The molecule has 2 aromatic rings. The van der Waals surface area contributed by atoms with Crippen LogP contribution in [0.15, 0.2) is 42.5 Å². The van der Waals surface area contributed by atoms with Crippen LogP contribution in [0, 0.1) is 5.82 Å². The molecule has 0 saturated carbocycles. The van der Waals surface area contributed by atoms with Crippen molar-refractivity contribution < 1.29 is 27.1 Å². The highest BCUT2D eigenvalue weighted by atomic mass is 19.4. The quantitative estimate of drug-likeness (QED) is 0.684. The third-order valence-electron chi connectivity index (χ3n) is 5.54. The SMILES string of the molecule is O=C1CC2(CCN(Cc3ccccc3F)CC2)Oc2cc(C(F)(F)F)ccc21. The molecule has 0 unspecified atom stereocenters. The minimum Gasteiger partial charge on any atom is -0.486 e. The number of halogens is 4. The Morgan fingerprint density at radius 3 is 2.46 bits per heavy atom. The lowest BCUT2D eigenvalue weighted by Crippen LogP contribution is -2.50. The van der Waals surface area contributed by atoms with Crippen molar-refractivity contribution in [2.24, 2.45) is 0 Å². The first-order valence-electron chi connectivity index (χ1n) is 9.15. The normalized spacial score (nSPS) is 19.4. The van der Waals surface area contributed by atoms with Crippen molar-refractivity contribution in [2.75, 3.05) is 13.1 Å². The van der Waals surface area contributed by atoms with Gasteiger partial charge in [-0.05, 0) is 24.3 Å². The number of hydrogen-bond acceptors (Lipinski definition) is 3. The molecule has 7 heteroatoms. The van der Waals surface area contributed by atoms with E-state index in [9.17, 15) is 22.4 Å². The smallest absolute Gasteiger partial charge is 0.416 e. The van der Waals surface area contributed by atoms with Crippen molar-refractivity contribution in [3.8, 4) is 5.75 Å². The number of piperidine rings is 1. The van der Waals surface area contributed by atoms with Crippen LogP contribution in [-0.4, -0.2) is 29.4 Å². The number of likely N-dealkylation sites (tertiary alicyclic amines) is 1. The van der Waals surface area contributed by atoms with Gasteiger partial charge in [0.1, 0.15) is 17.2 Å². The van der Waals surface area contributed by atoms with Gasteiger partial charge in [-0.2, -0.15) is 13.2 Å². The Morgan fingerprint density at radius 2 is 1.79 bits per heavy atom. The first-order chi connectivity index (χ1) is 13.3. The van der Waals surface area contributed by atoms with Crippen LogP contribution in [-0.2, 0) is 12.7 Å². The zero-order valence-corrected chi connectivity index (χ0v) is 15.1. The number of carbonyl (C=O) groups is 1. The largest absolute Gasteiger partial charge is 0.486 e. The monoisotopic (exact) mass is 393 g/mol. The van der Waals surface area contributed by atoms with Crippen molar-refractivity contribution in [2.45, 2.75) is 37.6 Å². The molecule has 0 bridgehead atoms. The second-order valence-corrected chi connectivity index (χ2v) is 7.46. The van der Waals surface area contributed by atoms with E-state index in [1.165, 1.54) is 12.1 Å². The van der Waals surface area contributed by atoms with Gasteiger partial charge in [0, 0.05) is 38.0 Å². The second-order valence-electron chi connectivity index (χ2n) is 7.46. The first-order valence-corrected chi connectivity index (χ1v) is 9.15. The molecule has 0 atom stereocenters. The molecule has 28 heavy (non-hydrogen) atoms. The Labute approximate surface area is 159 Å². The molecule has 1 fully saturated rings. The number of ether oxygens (including phenoxy) is 1. The summed E-state index contributed by atoms with van der Waals surface area (Å²) >= 11 is 0. The average Bonchev–Trinajstić information content (AvgIpc) is 2.64. The molecule has 0 aliphatic carbocycles. The summed E-state index contributed by atoms with van der Waals surface area (Å²) in [7, 11) is 0. The number of Topliss-reactive ketones (excluding diaryl/α,β-unsaturated/α-hetero) is 1. The lowest BCUT2D eigenvalue weighted by atomic mass is 9.82. The van der Waals surface area contributed by atoms with Crippen molar-refractivity contribution in [1.82, 2.24) is 4.90 Å². The molecule has 1 saturated heterocycles. The maximum atomic E-state index is 13.9. The molecule has 0 amide bonds. The molecule has 0 aromatic heterocycles. The van der Waals surface area contributed by atoms with Crippen molar-refractivity contribution >= 4 is 5.78 Å². The molecule has 2 heterocycles. The zero-order chi connectivity index (χ0) is 19.9. The van der Waals surface area contributed by atoms with Gasteiger partial charge in [0.15, 0.2) is 5.78 Å². The van der Waals surface area contributed by atoms with Crippen molar-refractivity contribution in [3.05, 3.63) is 65.0 Å². The van der Waals surface area contributed by atoms with E-state index in [-0.39, 0.29) is 29.3 Å². The molecule has 3 nitrogen and oxygen atoms in total. The maximum Gasteiger partial charge on any atom is 0.416 e. The van der Waals surface area contributed by atoms with Crippen LogP contribution < -0.4 is 4.74 Å². The summed E-state index contributed by atoms with van der Waals surface area (Å²) in [5.74, 6) is -0.452. The molecule has 0 N–H and O–H groups in total. The summed E-state index contributed by atoms with van der Waals surface area (Å²) < 4.78 is 58.8. The van der Waals surface area contributed by atoms with Crippen LogP contribution in [0.3, 0.4) is 0 Å². The fourth-order valence-corrected chi connectivity index (χ4v) is 3.94. The highest BCUT2D eigenvalue weighted by Crippen LogP contribution is 2.42. The molecule has 2 aliphatic heterocycles. The number of carbonyl (C=O) groups excluding carboxylic acids is 1. The summed E-state index contributed by atoms with van der Waals surface area (Å²) in [6.07, 6.45) is -3.33. The molecule has 2 aromatic carbocycles. The number of ketones is 1. The lowest BCUT2D eigenvalue weighted by molar-refractivity contribution is -0.137. The molecule has 148 valence electrons. The van der Waals surface area contributed by atoms with Gasteiger partial charge in [-0.1, -0.05) is 18.2 Å². The summed E-state index contributed by atoms with van der Waals surface area (Å²) in [5, 5.41) is 0. The molecule has 0 radical (unpaired) electrons. The Bertz CT molecular complexity index is 902. The van der Waals surface area contributed by atoms with Gasteiger partial charge in [0.2, 0.25) is 0 Å². The molecule has 4 rings (SSSR count). The predicted octanol–water partition coefficient (Wildman–Crippen LogP) is 4.84. The molecular formula is C21H19F4NO2. The van der Waals surface area contributed by atoms with Gasteiger partial charge in [-0.3, -0.25) is 9.69 Å². The fraction of sp³-hybridized carbons (Fsp3) is 0.381. The minimum atomic E-state index is -4.49. The van der Waals surface area contributed by atoms with Crippen LogP contribution in [0.4, 0.5) is 17.6 Å². The van der Waals surface area contributed by atoms with Crippen molar-refractivity contribution in [1.29, 1.82) is 0 Å². The number of benzene rings is 2. The summed E-state index contributed by atoms with van der Waals surface area (Å²) in [5.41, 5.74) is -0.820. The van der Waals surface area contributed by atoms with E-state index in [2.05, 4.69) is 4.90 Å². The average molecular weight is 393 g/mol. The van der Waals surface area contributed by atoms with Gasteiger partial charge in [0.05, 0.1) is 17.5 Å². The van der Waals surface area contributed by atoms with Gasteiger partial charge >= 0.3 is 6.18 Å². The number of alkyl halides is 3. The summed E-state index contributed by atoms with van der Waals surface area (Å²) in [6, 6.07) is 9.59. The number of nitrogens with zero attached hydrogens (tertiary/aromatic N) is 1. The van der Waals surface area contributed by atoms with E-state index >= 15 is 0 Å². The van der Waals surface area contributed by atoms with Crippen molar-refractivity contribution in [3.63, 3.8) is 0 Å². The topological polar surface area (TPSA) is 29.5 Å². The maximum absolute atomic E-state index is 13.9.